The van der Waals surface area contributed by atoms with E-state index in [4.69, 9.17) is 16.7 Å². The molecule has 0 bridgehead atoms. The van der Waals surface area contributed by atoms with Crippen LogP contribution < -0.4 is 5.32 Å². The molecule has 2 N–H and O–H groups in total. The third kappa shape index (κ3) is 4.65. The number of benzene rings is 3. The van der Waals surface area contributed by atoms with Crippen molar-refractivity contribution in [1.82, 2.24) is 4.90 Å². The van der Waals surface area contributed by atoms with Gasteiger partial charge in [0.25, 0.3) is 5.91 Å². The van der Waals surface area contributed by atoms with Gasteiger partial charge < -0.3 is 15.3 Å². The van der Waals surface area contributed by atoms with Gasteiger partial charge in [-0.15, -0.1) is 0 Å². The Bertz CT molecular complexity index is 1160. The van der Waals surface area contributed by atoms with E-state index in [1.165, 1.54) is 12.1 Å². The highest BCUT2D eigenvalue weighted by Crippen LogP contribution is 2.29. The first-order valence-corrected chi connectivity index (χ1v) is 10.6. The standard InChI is InChI=1S/C25H21ClN2O4/c26-19-11-12-20-21(14-19)27-23(29)22(13-8-16-4-2-1-3-5-16)28(24(20)30)15-17-6-9-18(10-7-17)25(31)32/h1-7,9-12,14,22H,8,13,15H2,(H,27,29)(H,31,32)/t22-/m1/s1. The molecule has 1 aliphatic heterocycles. The molecule has 0 radical (unpaired) electrons. The van der Waals surface area contributed by atoms with Gasteiger partial charge in [-0.3, -0.25) is 9.59 Å². The van der Waals surface area contributed by atoms with E-state index in [9.17, 15) is 14.4 Å². The number of nitrogens with zero attached hydrogens (tertiary/aromatic N) is 1. The van der Waals surface area contributed by atoms with Crippen LogP contribution in [0.25, 0.3) is 0 Å². The second-order valence-electron chi connectivity index (χ2n) is 7.65. The average Bonchev–Trinajstić information content (AvgIpc) is 2.87. The van der Waals surface area contributed by atoms with Crippen LogP contribution in [0.4, 0.5) is 5.69 Å². The molecule has 4 rings (SSSR count). The van der Waals surface area contributed by atoms with Crippen molar-refractivity contribution in [3.05, 3.63) is 100 Å². The van der Waals surface area contributed by atoms with Crippen LogP contribution in [0.2, 0.25) is 5.02 Å². The molecule has 1 atom stereocenters. The zero-order chi connectivity index (χ0) is 22.7. The Hall–Kier alpha value is -3.64. The van der Waals surface area contributed by atoms with Gasteiger partial charge in [0, 0.05) is 11.6 Å². The summed E-state index contributed by atoms with van der Waals surface area (Å²) in [5.41, 5.74) is 2.73. The highest BCUT2D eigenvalue weighted by atomic mass is 35.5. The van der Waals surface area contributed by atoms with Crippen LogP contribution in [-0.4, -0.2) is 33.8 Å². The van der Waals surface area contributed by atoms with E-state index < -0.39 is 12.0 Å². The lowest BCUT2D eigenvalue weighted by Gasteiger charge is -2.29. The molecule has 0 aromatic heterocycles. The molecule has 0 saturated heterocycles. The normalized spacial score (nSPS) is 15.7. The number of halogens is 1. The molecule has 32 heavy (non-hydrogen) atoms. The fraction of sp³-hybridized carbons (Fsp3) is 0.160. The third-order valence-electron chi connectivity index (χ3n) is 5.51. The molecule has 0 spiro atoms. The summed E-state index contributed by atoms with van der Waals surface area (Å²) in [6, 6.07) is 20.2. The van der Waals surface area contributed by atoms with Crippen molar-refractivity contribution in [3.8, 4) is 0 Å². The van der Waals surface area contributed by atoms with E-state index in [2.05, 4.69) is 5.32 Å². The van der Waals surface area contributed by atoms with E-state index in [-0.39, 0.29) is 23.9 Å². The zero-order valence-corrected chi connectivity index (χ0v) is 17.9. The highest BCUT2D eigenvalue weighted by molar-refractivity contribution is 6.31. The van der Waals surface area contributed by atoms with Crippen LogP contribution in [-0.2, 0) is 17.8 Å². The second kappa shape index (κ2) is 9.24. The summed E-state index contributed by atoms with van der Waals surface area (Å²) in [4.78, 5) is 39.4. The first-order chi connectivity index (χ1) is 15.4. The Morgan fingerprint density at radius 1 is 0.969 bits per heavy atom. The number of rotatable bonds is 6. The number of hydrogen-bond acceptors (Lipinski definition) is 3. The molecule has 1 aliphatic rings. The van der Waals surface area contributed by atoms with Crippen molar-refractivity contribution in [2.45, 2.75) is 25.4 Å². The van der Waals surface area contributed by atoms with Crippen molar-refractivity contribution < 1.29 is 19.5 Å². The maximum absolute atomic E-state index is 13.5. The minimum Gasteiger partial charge on any atom is -0.478 e. The topological polar surface area (TPSA) is 86.7 Å². The van der Waals surface area contributed by atoms with E-state index >= 15 is 0 Å². The lowest BCUT2D eigenvalue weighted by Crippen LogP contribution is -2.45. The lowest BCUT2D eigenvalue weighted by molar-refractivity contribution is -0.120. The molecule has 6 nitrogen and oxygen atoms in total. The number of aromatic carboxylic acids is 1. The lowest BCUT2D eigenvalue weighted by atomic mass is 10.0. The van der Waals surface area contributed by atoms with Gasteiger partial charge in [0.2, 0.25) is 5.91 Å². The number of nitrogens with one attached hydrogen (secondary N) is 1. The maximum atomic E-state index is 13.5. The summed E-state index contributed by atoms with van der Waals surface area (Å²) in [5, 5.41) is 12.4. The first-order valence-electron chi connectivity index (χ1n) is 10.2. The predicted molar refractivity (Wildman–Crippen MR) is 122 cm³/mol. The van der Waals surface area contributed by atoms with E-state index in [0.717, 1.165) is 11.1 Å². The number of amides is 2. The Labute approximate surface area is 190 Å². The predicted octanol–water partition coefficient (Wildman–Crippen LogP) is 4.63. The van der Waals surface area contributed by atoms with Gasteiger partial charge >= 0.3 is 5.97 Å². The molecule has 162 valence electrons. The van der Waals surface area contributed by atoms with Gasteiger partial charge in [0.1, 0.15) is 6.04 Å². The number of carboxylic acids is 1. The molecule has 3 aromatic carbocycles. The Balaban J connectivity index is 1.67. The van der Waals surface area contributed by atoms with Crippen LogP contribution in [0.15, 0.2) is 72.8 Å². The van der Waals surface area contributed by atoms with Crippen LogP contribution in [0.1, 0.15) is 38.3 Å². The van der Waals surface area contributed by atoms with Crippen molar-refractivity contribution in [1.29, 1.82) is 0 Å². The molecular weight excluding hydrogens is 428 g/mol. The molecule has 0 fully saturated rings. The first kappa shape index (κ1) is 21.6. The number of carbonyl (C=O) groups is 3. The van der Waals surface area contributed by atoms with Gasteiger partial charge in [-0.25, -0.2) is 4.79 Å². The monoisotopic (exact) mass is 448 g/mol. The van der Waals surface area contributed by atoms with Crippen LogP contribution in [0.3, 0.4) is 0 Å². The minimum absolute atomic E-state index is 0.161. The number of hydrogen-bond donors (Lipinski definition) is 2. The highest BCUT2D eigenvalue weighted by Gasteiger charge is 2.35. The largest absolute Gasteiger partial charge is 0.478 e. The molecule has 7 heteroatoms. The van der Waals surface area contributed by atoms with Crippen LogP contribution in [0, 0.1) is 0 Å². The van der Waals surface area contributed by atoms with Crippen molar-refractivity contribution in [2.75, 3.05) is 5.32 Å². The van der Waals surface area contributed by atoms with Gasteiger partial charge in [-0.2, -0.15) is 0 Å². The summed E-state index contributed by atoms with van der Waals surface area (Å²) in [7, 11) is 0. The Kier molecular flexibility index (Phi) is 6.23. The number of carboxylic acid groups (broad SMARTS) is 1. The van der Waals surface area contributed by atoms with Crippen LogP contribution in [0.5, 0.6) is 0 Å². The van der Waals surface area contributed by atoms with E-state index in [1.54, 1.807) is 35.2 Å². The summed E-state index contributed by atoms with van der Waals surface area (Å²) >= 11 is 6.09. The van der Waals surface area contributed by atoms with Crippen molar-refractivity contribution in [3.63, 3.8) is 0 Å². The SMILES string of the molecule is O=C(O)c1ccc(CN2C(=O)c3ccc(Cl)cc3NC(=O)[C@H]2CCc2ccccc2)cc1. The minimum atomic E-state index is -1.02. The number of carbonyl (C=O) groups excluding carboxylic acids is 2. The quantitative estimate of drug-likeness (QED) is 0.575. The summed E-state index contributed by atoms with van der Waals surface area (Å²) in [6.45, 7) is 0.174. The molecule has 3 aromatic rings. The van der Waals surface area contributed by atoms with Crippen LogP contribution >= 0.6 is 11.6 Å². The summed E-state index contributed by atoms with van der Waals surface area (Å²) in [6.07, 6.45) is 1.06. The summed E-state index contributed by atoms with van der Waals surface area (Å²) < 4.78 is 0. The molecule has 0 unspecified atom stereocenters. The van der Waals surface area contributed by atoms with Crippen molar-refractivity contribution >= 4 is 35.1 Å². The molecule has 2 amide bonds. The summed E-state index contributed by atoms with van der Waals surface area (Å²) in [5.74, 6) is -1.58. The molecule has 0 saturated carbocycles. The number of anilines is 1. The maximum Gasteiger partial charge on any atom is 0.335 e. The fourth-order valence-corrected chi connectivity index (χ4v) is 4.00. The fourth-order valence-electron chi connectivity index (χ4n) is 3.83. The van der Waals surface area contributed by atoms with Crippen molar-refractivity contribution in [2.24, 2.45) is 0 Å². The van der Waals surface area contributed by atoms with Gasteiger partial charge in [0.05, 0.1) is 16.8 Å². The second-order valence-corrected chi connectivity index (χ2v) is 8.09. The molecule has 1 heterocycles. The van der Waals surface area contributed by atoms with Gasteiger partial charge in [0.15, 0.2) is 0 Å². The number of aryl methyl sites for hydroxylation is 1. The Morgan fingerprint density at radius 3 is 2.38 bits per heavy atom. The smallest absolute Gasteiger partial charge is 0.335 e. The zero-order valence-electron chi connectivity index (χ0n) is 17.1. The third-order valence-corrected chi connectivity index (χ3v) is 5.75. The average molecular weight is 449 g/mol. The van der Waals surface area contributed by atoms with E-state index in [0.29, 0.717) is 29.1 Å². The van der Waals surface area contributed by atoms with Gasteiger partial charge in [-0.05, 0) is 54.3 Å². The number of fused-ring (bicyclic) bond motifs is 1. The van der Waals surface area contributed by atoms with E-state index in [1.807, 2.05) is 30.3 Å². The molecular formula is C25H21ClN2O4. The Morgan fingerprint density at radius 2 is 1.69 bits per heavy atom. The molecule has 0 aliphatic carbocycles. The van der Waals surface area contributed by atoms with Gasteiger partial charge in [-0.1, -0.05) is 54.1 Å².